The molecular formula is C18H22ClN3O3S. The molecule has 0 aliphatic rings. The quantitative estimate of drug-likeness (QED) is 0.625. The molecule has 0 fully saturated rings. The van der Waals surface area contributed by atoms with Gasteiger partial charge >= 0.3 is 5.97 Å². The van der Waals surface area contributed by atoms with Crippen LogP contribution >= 0.6 is 22.9 Å². The second-order valence-corrected chi connectivity index (χ2v) is 7.03. The van der Waals surface area contributed by atoms with Crippen LogP contribution in [0.15, 0.2) is 24.3 Å². The molecule has 0 aliphatic heterocycles. The van der Waals surface area contributed by atoms with Crippen molar-refractivity contribution in [3.8, 4) is 0 Å². The predicted molar refractivity (Wildman–Crippen MR) is 105 cm³/mol. The highest BCUT2D eigenvalue weighted by molar-refractivity contribution is 7.18. The highest BCUT2D eigenvalue weighted by Gasteiger charge is 2.26. The Morgan fingerprint density at radius 2 is 2.04 bits per heavy atom. The van der Waals surface area contributed by atoms with Crippen LogP contribution in [0.2, 0.25) is 5.02 Å². The van der Waals surface area contributed by atoms with Crippen molar-refractivity contribution in [2.45, 2.75) is 26.4 Å². The van der Waals surface area contributed by atoms with Crippen LogP contribution in [-0.4, -0.2) is 25.5 Å². The molecule has 6 nitrogen and oxygen atoms in total. The number of nitrogens with two attached hydrogens (primary N) is 1. The maximum Gasteiger partial charge on any atom is 0.341 e. The van der Waals surface area contributed by atoms with E-state index in [0.29, 0.717) is 15.5 Å². The van der Waals surface area contributed by atoms with Gasteiger partial charge in [0.2, 0.25) is 0 Å². The Morgan fingerprint density at radius 1 is 1.35 bits per heavy atom. The molecule has 0 radical (unpaired) electrons. The zero-order valence-corrected chi connectivity index (χ0v) is 16.5. The monoisotopic (exact) mass is 395 g/mol. The molecule has 1 aromatic heterocycles. The Labute approximate surface area is 161 Å². The third-order valence-electron chi connectivity index (χ3n) is 3.90. The van der Waals surface area contributed by atoms with Gasteiger partial charge in [-0.05, 0) is 25.5 Å². The van der Waals surface area contributed by atoms with E-state index in [9.17, 15) is 9.59 Å². The van der Waals surface area contributed by atoms with Gasteiger partial charge in [0.25, 0.3) is 5.91 Å². The molecule has 4 N–H and O–H groups in total. The normalized spacial score (nSPS) is 11.8. The third-order valence-corrected chi connectivity index (χ3v) is 5.31. The van der Waals surface area contributed by atoms with Gasteiger partial charge in [-0.2, -0.15) is 0 Å². The number of amides is 1. The first-order valence-electron chi connectivity index (χ1n) is 8.18. The van der Waals surface area contributed by atoms with E-state index < -0.39 is 5.97 Å². The average Bonchev–Trinajstić information content (AvgIpc) is 2.96. The van der Waals surface area contributed by atoms with Crippen molar-refractivity contribution in [3.05, 3.63) is 50.9 Å². The molecule has 0 aliphatic carbocycles. The lowest BCUT2D eigenvalue weighted by Gasteiger charge is -2.16. The number of benzene rings is 1. The van der Waals surface area contributed by atoms with Crippen LogP contribution < -0.4 is 16.4 Å². The lowest BCUT2D eigenvalue weighted by molar-refractivity contribution is 0.0526. The summed E-state index contributed by atoms with van der Waals surface area (Å²) in [5.41, 5.74) is 7.70. The van der Waals surface area contributed by atoms with Crippen molar-refractivity contribution in [1.82, 2.24) is 10.6 Å². The molecule has 1 amide bonds. The number of nitrogen functional groups attached to an aromatic ring is 1. The largest absolute Gasteiger partial charge is 0.462 e. The minimum atomic E-state index is -0.529. The second kappa shape index (κ2) is 9.02. The molecule has 1 atom stereocenters. The Hall–Kier alpha value is -2.09. The maximum atomic E-state index is 12.3. The smallest absolute Gasteiger partial charge is 0.341 e. The van der Waals surface area contributed by atoms with E-state index in [1.54, 1.807) is 6.92 Å². The highest BCUT2D eigenvalue weighted by atomic mass is 35.5. The molecule has 0 unspecified atom stereocenters. The van der Waals surface area contributed by atoms with E-state index in [-0.39, 0.29) is 35.7 Å². The maximum absolute atomic E-state index is 12.3. The molecule has 26 heavy (non-hydrogen) atoms. The van der Waals surface area contributed by atoms with Crippen molar-refractivity contribution in [2.24, 2.45) is 0 Å². The van der Waals surface area contributed by atoms with E-state index in [1.807, 2.05) is 31.2 Å². The highest BCUT2D eigenvalue weighted by Crippen LogP contribution is 2.32. The van der Waals surface area contributed by atoms with Crippen LogP contribution in [-0.2, 0) is 11.3 Å². The fourth-order valence-electron chi connectivity index (χ4n) is 2.57. The summed E-state index contributed by atoms with van der Waals surface area (Å²) >= 11 is 7.31. The number of thiophene rings is 1. The fraction of sp³-hybridized carbons (Fsp3) is 0.333. The minimum absolute atomic E-state index is 0.0857. The van der Waals surface area contributed by atoms with Crippen molar-refractivity contribution in [2.75, 3.05) is 19.4 Å². The van der Waals surface area contributed by atoms with E-state index in [4.69, 9.17) is 22.1 Å². The molecule has 2 rings (SSSR count). The number of rotatable bonds is 7. The minimum Gasteiger partial charge on any atom is -0.462 e. The Balaban J connectivity index is 2.32. The molecular weight excluding hydrogens is 374 g/mol. The van der Waals surface area contributed by atoms with E-state index in [1.165, 1.54) is 7.05 Å². The SMILES string of the molecule is CCOC(=O)c1c(N)sc(C(=O)NC)c1CN[C@@H](C)c1ccccc1Cl. The standard InChI is InChI=1S/C18H22ClN3O3S/c1-4-25-18(24)14-12(15(17(23)21-3)26-16(14)20)9-22-10(2)11-7-5-6-8-13(11)19/h5-8,10,22H,4,9,20H2,1-3H3,(H,21,23)/t10-/m0/s1. The number of esters is 1. The summed E-state index contributed by atoms with van der Waals surface area (Å²) < 4.78 is 5.09. The van der Waals surface area contributed by atoms with Crippen molar-refractivity contribution in [3.63, 3.8) is 0 Å². The topological polar surface area (TPSA) is 93.5 Å². The van der Waals surface area contributed by atoms with Gasteiger partial charge in [0.1, 0.15) is 5.00 Å². The number of anilines is 1. The number of hydrogen-bond donors (Lipinski definition) is 3. The van der Waals surface area contributed by atoms with Crippen LogP contribution in [0.5, 0.6) is 0 Å². The molecule has 0 bridgehead atoms. The molecule has 8 heteroatoms. The summed E-state index contributed by atoms with van der Waals surface area (Å²) in [4.78, 5) is 24.9. The van der Waals surface area contributed by atoms with Gasteiger partial charge in [0.15, 0.2) is 0 Å². The first-order chi connectivity index (χ1) is 12.4. The molecule has 1 aromatic carbocycles. The van der Waals surface area contributed by atoms with Gasteiger partial charge < -0.3 is 21.1 Å². The predicted octanol–water partition coefficient (Wildman–Crippen LogP) is 3.37. The molecule has 0 saturated heterocycles. The molecule has 0 spiro atoms. The molecule has 2 aromatic rings. The Kier molecular flexibility index (Phi) is 7.02. The zero-order chi connectivity index (χ0) is 19.3. The average molecular weight is 396 g/mol. The number of carbonyl (C=O) groups excluding carboxylic acids is 2. The number of carbonyl (C=O) groups is 2. The van der Waals surface area contributed by atoms with Crippen molar-refractivity contribution < 1.29 is 14.3 Å². The Bertz CT molecular complexity index is 807. The van der Waals surface area contributed by atoms with Gasteiger partial charge in [-0.1, -0.05) is 29.8 Å². The lowest BCUT2D eigenvalue weighted by Crippen LogP contribution is -2.24. The van der Waals surface area contributed by atoms with E-state index >= 15 is 0 Å². The zero-order valence-electron chi connectivity index (χ0n) is 14.9. The first kappa shape index (κ1) is 20.2. The first-order valence-corrected chi connectivity index (χ1v) is 9.38. The van der Waals surface area contributed by atoms with E-state index in [0.717, 1.165) is 16.9 Å². The number of halogens is 1. The van der Waals surface area contributed by atoms with Crippen LogP contribution in [0.25, 0.3) is 0 Å². The van der Waals surface area contributed by atoms with Gasteiger partial charge in [-0.3, -0.25) is 4.79 Å². The molecule has 0 saturated carbocycles. The Morgan fingerprint density at radius 3 is 2.65 bits per heavy atom. The van der Waals surface area contributed by atoms with Crippen LogP contribution in [0, 0.1) is 0 Å². The van der Waals surface area contributed by atoms with Gasteiger partial charge in [-0.25, -0.2) is 4.79 Å². The van der Waals surface area contributed by atoms with Crippen molar-refractivity contribution in [1.29, 1.82) is 0 Å². The fourth-order valence-corrected chi connectivity index (χ4v) is 3.89. The second-order valence-electron chi connectivity index (χ2n) is 5.57. The summed E-state index contributed by atoms with van der Waals surface area (Å²) in [6.45, 7) is 4.18. The summed E-state index contributed by atoms with van der Waals surface area (Å²) in [5, 5.41) is 6.80. The summed E-state index contributed by atoms with van der Waals surface area (Å²) in [5.74, 6) is -0.821. The van der Waals surface area contributed by atoms with Crippen LogP contribution in [0.1, 0.15) is 51.0 Å². The van der Waals surface area contributed by atoms with Gasteiger partial charge in [0, 0.05) is 30.2 Å². The molecule has 1 heterocycles. The van der Waals surface area contributed by atoms with Gasteiger partial charge in [0.05, 0.1) is 17.0 Å². The number of nitrogens with one attached hydrogen (secondary N) is 2. The van der Waals surface area contributed by atoms with Crippen LogP contribution in [0.4, 0.5) is 5.00 Å². The number of hydrogen-bond acceptors (Lipinski definition) is 6. The van der Waals surface area contributed by atoms with Crippen LogP contribution in [0.3, 0.4) is 0 Å². The van der Waals surface area contributed by atoms with Crippen molar-refractivity contribution >= 4 is 39.8 Å². The summed E-state index contributed by atoms with van der Waals surface area (Å²) in [7, 11) is 1.53. The lowest BCUT2D eigenvalue weighted by atomic mass is 10.1. The van der Waals surface area contributed by atoms with E-state index in [2.05, 4.69) is 10.6 Å². The summed E-state index contributed by atoms with van der Waals surface area (Å²) in [6.07, 6.45) is 0. The van der Waals surface area contributed by atoms with Gasteiger partial charge in [-0.15, -0.1) is 11.3 Å². The third kappa shape index (κ3) is 4.35. The summed E-state index contributed by atoms with van der Waals surface area (Å²) in [6, 6.07) is 7.42. The molecule has 140 valence electrons. The number of ether oxygens (including phenoxy) is 1.